The normalized spacial score (nSPS) is 25.7. The van der Waals surface area contributed by atoms with E-state index in [1.54, 1.807) is 4.90 Å². The molecule has 0 aromatic rings. The van der Waals surface area contributed by atoms with Crippen LogP contribution in [0.1, 0.15) is 27.7 Å². The second-order valence-corrected chi connectivity index (χ2v) is 5.06. The highest BCUT2D eigenvalue weighted by atomic mass is 16.3. The van der Waals surface area contributed by atoms with Gasteiger partial charge in [-0.25, -0.2) is 0 Å². The zero-order valence-electron chi connectivity index (χ0n) is 9.74. The number of aliphatic hydroxyl groups is 2. The molecule has 0 spiro atoms. The number of carbonyl (C=O) groups is 1. The van der Waals surface area contributed by atoms with Crippen molar-refractivity contribution in [2.45, 2.75) is 45.0 Å². The number of aliphatic hydroxyl groups excluding tert-OH is 2. The quantitative estimate of drug-likeness (QED) is 0.582. The molecule has 5 heteroatoms. The molecule has 1 saturated heterocycles. The van der Waals surface area contributed by atoms with E-state index in [9.17, 15) is 9.90 Å². The molecule has 1 amide bonds. The van der Waals surface area contributed by atoms with Gasteiger partial charge in [0.1, 0.15) is 0 Å². The average Bonchev–Trinajstić information content (AvgIpc) is 2.23. The molecule has 0 saturated carbocycles. The third-order valence-corrected chi connectivity index (χ3v) is 2.68. The van der Waals surface area contributed by atoms with Crippen LogP contribution in [0.15, 0.2) is 0 Å². The van der Waals surface area contributed by atoms with Gasteiger partial charge in [0.2, 0.25) is 5.91 Å². The monoisotopic (exact) mass is 216 g/mol. The first-order valence-corrected chi connectivity index (χ1v) is 5.11. The Bertz CT molecular complexity index is 263. The molecule has 0 aliphatic carbocycles. The molecular formula is C10H20N2O3. The molecule has 15 heavy (non-hydrogen) atoms. The van der Waals surface area contributed by atoms with Gasteiger partial charge in [0.25, 0.3) is 0 Å². The first-order valence-electron chi connectivity index (χ1n) is 5.11. The van der Waals surface area contributed by atoms with Crippen molar-refractivity contribution in [2.75, 3.05) is 13.2 Å². The molecule has 1 heterocycles. The largest absolute Gasteiger partial charge is 0.394 e. The van der Waals surface area contributed by atoms with Crippen molar-refractivity contribution in [1.82, 2.24) is 10.2 Å². The lowest BCUT2D eigenvalue weighted by atomic mass is 10.1. The van der Waals surface area contributed by atoms with Crippen molar-refractivity contribution in [3.63, 3.8) is 0 Å². The Morgan fingerprint density at radius 2 is 1.93 bits per heavy atom. The van der Waals surface area contributed by atoms with E-state index in [4.69, 9.17) is 5.11 Å². The van der Waals surface area contributed by atoms with Crippen LogP contribution in [0.4, 0.5) is 0 Å². The van der Waals surface area contributed by atoms with E-state index in [1.165, 1.54) is 0 Å². The molecule has 0 radical (unpaired) electrons. The van der Waals surface area contributed by atoms with E-state index in [-0.39, 0.29) is 19.1 Å². The molecule has 0 aromatic carbocycles. The summed E-state index contributed by atoms with van der Waals surface area (Å²) in [7, 11) is 0. The molecule has 88 valence electrons. The fraction of sp³-hybridized carbons (Fsp3) is 0.900. The second-order valence-electron chi connectivity index (χ2n) is 5.06. The van der Waals surface area contributed by atoms with Crippen LogP contribution in [0.3, 0.4) is 0 Å². The number of amides is 1. The van der Waals surface area contributed by atoms with Crippen LogP contribution in [0.25, 0.3) is 0 Å². The van der Waals surface area contributed by atoms with Gasteiger partial charge >= 0.3 is 0 Å². The third kappa shape index (κ3) is 2.30. The number of rotatable bonds is 3. The van der Waals surface area contributed by atoms with Gasteiger partial charge in [-0.3, -0.25) is 10.1 Å². The zero-order valence-corrected chi connectivity index (χ0v) is 9.74. The summed E-state index contributed by atoms with van der Waals surface area (Å²) in [4.78, 5) is 13.5. The van der Waals surface area contributed by atoms with Gasteiger partial charge < -0.3 is 15.1 Å². The van der Waals surface area contributed by atoms with Gasteiger partial charge in [-0.05, 0) is 27.7 Å². The van der Waals surface area contributed by atoms with E-state index in [2.05, 4.69) is 5.32 Å². The third-order valence-electron chi connectivity index (χ3n) is 2.68. The molecule has 1 rings (SSSR count). The molecular weight excluding hydrogens is 196 g/mol. The van der Waals surface area contributed by atoms with Gasteiger partial charge in [-0.15, -0.1) is 0 Å². The highest BCUT2D eigenvalue weighted by Gasteiger charge is 2.49. The van der Waals surface area contributed by atoms with Crippen LogP contribution in [-0.2, 0) is 4.79 Å². The summed E-state index contributed by atoms with van der Waals surface area (Å²) >= 11 is 0. The van der Waals surface area contributed by atoms with Gasteiger partial charge in [-0.2, -0.15) is 0 Å². The van der Waals surface area contributed by atoms with Gasteiger partial charge in [0, 0.05) is 0 Å². The van der Waals surface area contributed by atoms with E-state index >= 15 is 0 Å². The van der Waals surface area contributed by atoms with Crippen LogP contribution >= 0.6 is 0 Å². The zero-order chi connectivity index (χ0) is 11.9. The summed E-state index contributed by atoms with van der Waals surface area (Å²) < 4.78 is 0. The summed E-state index contributed by atoms with van der Waals surface area (Å²) in [6, 6.07) is 0. The van der Waals surface area contributed by atoms with Crippen LogP contribution in [0.2, 0.25) is 0 Å². The van der Waals surface area contributed by atoms with Gasteiger partial charge in [0.15, 0.2) is 0 Å². The molecule has 0 bridgehead atoms. The van der Waals surface area contributed by atoms with Crippen molar-refractivity contribution in [2.24, 2.45) is 0 Å². The number of carbonyl (C=O) groups excluding carboxylic acids is 1. The Kier molecular flexibility index (Phi) is 3.09. The summed E-state index contributed by atoms with van der Waals surface area (Å²) in [5.74, 6) is -0.0556. The fourth-order valence-electron chi connectivity index (χ4n) is 2.06. The molecule has 1 aliphatic heterocycles. The van der Waals surface area contributed by atoms with Gasteiger partial charge in [-0.1, -0.05) is 0 Å². The van der Waals surface area contributed by atoms with Crippen LogP contribution in [0, 0.1) is 0 Å². The highest BCUT2D eigenvalue weighted by Crippen LogP contribution is 2.27. The summed E-state index contributed by atoms with van der Waals surface area (Å²) in [6.45, 7) is 7.19. The maximum Gasteiger partial charge on any atom is 0.243 e. The Morgan fingerprint density at radius 1 is 1.40 bits per heavy atom. The summed E-state index contributed by atoms with van der Waals surface area (Å²) in [5.41, 5.74) is -1.10. The number of nitrogens with zero attached hydrogens (tertiary/aromatic N) is 1. The smallest absolute Gasteiger partial charge is 0.243 e. The molecule has 5 nitrogen and oxygen atoms in total. The van der Waals surface area contributed by atoms with Crippen molar-refractivity contribution in [3.8, 4) is 0 Å². The van der Waals surface area contributed by atoms with Crippen molar-refractivity contribution >= 4 is 5.91 Å². The molecule has 1 fully saturated rings. The molecule has 0 aromatic heterocycles. The molecule has 1 atom stereocenters. The molecule has 3 N–H and O–H groups in total. The van der Waals surface area contributed by atoms with Crippen LogP contribution < -0.4 is 5.32 Å². The Balaban J connectivity index is 2.83. The fourth-order valence-corrected chi connectivity index (χ4v) is 2.06. The minimum atomic E-state index is -0.885. The number of nitrogens with one attached hydrogen (secondary N) is 1. The average molecular weight is 216 g/mol. The van der Waals surface area contributed by atoms with Crippen molar-refractivity contribution in [3.05, 3.63) is 0 Å². The minimum absolute atomic E-state index is 0.0556. The lowest BCUT2D eigenvalue weighted by Crippen LogP contribution is -2.50. The lowest BCUT2D eigenvalue weighted by Gasteiger charge is -2.32. The Labute approximate surface area is 90.1 Å². The predicted molar refractivity (Wildman–Crippen MR) is 56.1 cm³/mol. The van der Waals surface area contributed by atoms with Crippen molar-refractivity contribution < 1.29 is 15.0 Å². The summed E-state index contributed by atoms with van der Waals surface area (Å²) in [5, 5.41) is 21.3. The van der Waals surface area contributed by atoms with E-state index in [1.807, 2.05) is 27.7 Å². The second kappa shape index (κ2) is 3.73. The summed E-state index contributed by atoms with van der Waals surface area (Å²) in [6.07, 6.45) is -0.885. The van der Waals surface area contributed by atoms with Crippen LogP contribution in [-0.4, -0.2) is 51.5 Å². The lowest BCUT2D eigenvalue weighted by molar-refractivity contribution is -0.135. The van der Waals surface area contributed by atoms with E-state index in [0.29, 0.717) is 0 Å². The number of hydrogen-bond acceptors (Lipinski definition) is 4. The van der Waals surface area contributed by atoms with Crippen LogP contribution in [0.5, 0.6) is 0 Å². The highest BCUT2D eigenvalue weighted by molar-refractivity contribution is 5.88. The SMILES string of the molecule is CC1(C)NC(C)(C)N(CC(O)CO)C1=O. The Hall–Kier alpha value is -0.650. The number of hydrogen-bond donors (Lipinski definition) is 3. The Morgan fingerprint density at radius 3 is 2.27 bits per heavy atom. The van der Waals surface area contributed by atoms with Crippen molar-refractivity contribution in [1.29, 1.82) is 0 Å². The maximum absolute atomic E-state index is 12.0. The topological polar surface area (TPSA) is 72.8 Å². The maximum atomic E-state index is 12.0. The predicted octanol–water partition coefficient (Wildman–Crippen LogP) is -0.714. The first-order chi connectivity index (χ1) is 6.70. The molecule has 1 aliphatic rings. The first kappa shape index (κ1) is 12.4. The van der Waals surface area contributed by atoms with E-state index < -0.39 is 17.3 Å². The van der Waals surface area contributed by atoms with E-state index in [0.717, 1.165) is 0 Å². The number of β-amino-alcohol motifs (C(OH)–C–C–N with tert-alkyl or cyclic N) is 1. The minimum Gasteiger partial charge on any atom is -0.394 e. The standard InChI is InChI=1S/C10H20N2O3/c1-9(2)8(15)12(5-7(14)6-13)10(3,4)11-9/h7,11,13-14H,5-6H2,1-4H3. The molecule has 1 unspecified atom stereocenters. The van der Waals surface area contributed by atoms with Gasteiger partial charge in [0.05, 0.1) is 30.5 Å².